The number of hydrogen-bond donors (Lipinski definition) is 1. The minimum Gasteiger partial charge on any atom is -0.506 e. The summed E-state index contributed by atoms with van der Waals surface area (Å²) in [6.45, 7) is 8.18. The molecule has 2 aromatic carbocycles. The van der Waals surface area contributed by atoms with Gasteiger partial charge < -0.3 is 14.6 Å². The molecule has 2 aliphatic heterocycles. The van der Waals surface area contributed by atoms with Crippen LogP contribution in [0.15, 0.2) is 46.9 Å². The second-order valence-corrected chi connectivity index (χ2v) is 8.33. The number of phenolic OH excluding ortho intramolecular Hbond substituents is 1. The van der Waals surface area contributed by atoms with Crippen molar-refractivity contribution in [1.82, 2.24) is 0 Å². The van der Waals surface area contributed by atoms with Crippen molar-refractivity contribution in [2.24, 2.45) is 0 Å². The number of ether oxygens (including phenoxy) is 2. The summed E-state index contributed by atoms with van der Waals surface area (Å²) in [5, 5.41) is 10.7. The first-order chi connectivity index (χ1) is 11.9. The highest BCUT2D eigenvalue weighted by molar-refractivity contribution is 8.00. The zero-order chi connectivity index (χ0) is 17.8. The smallest absolute Gasteiger partial charge is 0.136 e. The first-order valence-corrected chi connectivity index (χ1v) is 9.42. The van der Waals surface area contributed by atoms with E-state index in [-0.39, 0.29) is 11.0 Å². The van der Waals surface area contributed by atoms with E-state index in [0.29, 0.717) is 5.75 Å². The highest BCUT2D eigenvalue weighted by Crippen LogP contribution is 2.59. The first-order valence-electron chi connectivity index (χ1n) is 8.61. The van der Waals surface area contributed by atoms with Gasteiger partial charge in [0.25, 0.3) is 0 Å². The molecule has 4 heteroatoms. The van der Waals surface area contributed by atoms with Gasteiger partial charge in [-0.15, -0.1) is 0 Å². The van der Waals surface area contributed by atoms with E-state index in [1.165, 1.54) is 0 Å². The van der Waals surface area contributed by atoms with Crippen molar-refractivity contribution < 1.29 is 14.6 Å². The van der Waals surface area contributed by atoms with E-state index >= 15 is 0 Å². The molecule has 0 fully saturated rings. The van der Waals surface area contributed by atoms with E-state index in [2.05, 4.69) is 32.9 Å². The minimum atomic E-state index is -0.374. The summed E-state index contributed by atoms with van der Waals surface area (Å²) in [5.41, 5.74) is 3.87. The molecule has 0 radical (unpaired) electrons. The van der Waals surface area contributed by atoms with Crippen molar-refractivity contribution in [3.05, 3.63) is 58.7 Å². The van der Waals surface area contributed by atoms with E-state index in [9.17, 15) is 5.11 Å². The summed E-state index contributed by atoms with van der Waals surface area (Å²) >= 11 is 1.59. The zero-order valence-corrected chi connectivity index (χ0v) is 15.7. The third kappa shape index (κ3) is 2.55. The standard InChI is InChI=1S/C21H22O3S/c1-5-21(4)24-19-13(3)18(14-9-7-6-8-10-14)23-15-11-12(2)17(22)20(25-21)16(15)19/h6-11,19,22H,5H2,1-4H3. The first kappa shape index (κ1) is 16.6. The maximum absolute atomic E-state index is 10.7. The fraction of sp³-hybridized carbons (Fsp3) is 0.333. The molecule has 0 amide bonds. The van der Waals surface area contributed by atoms with Gasteiger partial charge in [-0.25, -0.2) is 0 Å². The summed E-state index contributed by atoms with van der Waals surface area (Å²) in [6.07, 6.45) is 0.650. The Morgan fingerprint density at radius 1 is 1.20 bits per heavy atom. The van der Waals surface area contributed by atoms with Crippen LogP contribution in [0.2, 0.25) is 0 Å². The molecule has 0 saturated carbocycles. The van der Waals surface area contributed by atoms with Gasteiger partial charge in [0.1, 0.15) is 28.3 Å². The van der Waals surface area contributed by atoms with Gasteiger partial charge >= 0.3 is 0 Å². The maximum Gasteiger partial charge on any atom is 0.136 e. The Morgan fingerprint density at radius 3 is 2.60 bits per heavy atom. The molecule has 2 atom stereocenters. The number of hydrogen-bond acceptors (Lipinski definition) is 4. The number of phenols is 1. The number of rotatable bonds is 2. The van der Waals surface area contributed by atoms with Crippen molar-refractivity contribution in [1.29, 1.82) is 0 Å². The highest BCUT2D eigenvalue weighted by Gasteiger charge is 2.43. The van der Waals surface area contributed by atoms with Gasteiger partial charge in [-0.3, -0.25) is 0 Å². The molecule has 2 aliphatic rings. The van der Waals surface area contributed by atoms with E-state index in [0.717, 1.165) is 45.1 Å². The molecule has 25 heavy (non-hydrogen) atoms. The van der Waals surface area contributed by atoms with Gasteiger partial charge in [0, 0.05) is 16.7 Å². The van der Waals surface area contributed by atoms with Crippen LogP contribution in [-0.2, 0) is 4.74 Å². The molecule has 0 aromatic heterocycles. The second-order valence-electron chi connectivity index (χ2n) is 6.85. The quantitative estimate of drug-likeness (QED) is 0.738. The second kappa shape index (κ2) is 5.82. The summed E-state index contributed by atoms with van der Waals surface area (Å²) in [4.78, 5) is 0.516. The molecule has 130 valence electrons. The van der Waals surface area contributed by atoms with Gasteiger partial charge in [-0.05, 0) is 38.8 Å². The third-order valence-electron chi connectivity index (χ3n) is 5.04. The molecular weight excluding hydrogens is 332 g/mol. The molecule has 0 saturated heterocycles. The minimum absolute atomic E-state index is 0.202. The van der Waals surface area contributed by atoms with E-state index in [1.807, 2.05) is 31.2 Å². The number of aromatic hydroxyl groups is 1. The summed E-state index contributed by atoms with van der Waals surface area (Å²) < 4.78 is 12.8. The molecule has 2 unspecified atom stereocenters. The molecule has 4 rings (SSSR count). The van der Waals surface area contributed by atoms with E-state index in [1.54, 1.807) is 11.8 Å². The molecule has 1 N–H and O–H groups in total. The van der Waals surface area contributed by atoms with Crippen LogP contribution in [-0.4, -0.2) is 10.0 Å². The molecule has 2 aromatic rings. The summed E-state index contributed by atoms with van der Waals surface area (Å²) in [7, 11) is 0. The van der Waals surface area contributed by atoms with Gasteiger partial charge in [0.2, 0.25) is 0 Å². The Balaban J connectivity index is 1.94. The lowest BCUT2D eigenvalue weighted by Crippen LogP contribution is -2.33. The average molecular weight is 354 g/mol. The Hall–Kier alpha value is -1.91. The Morgan fingerprint density at radius 2 is 1.92 bits per heavy atom. The number of aryl methyl sites for hydroxylation is 1. The van der Waals surface area contributed by atoms with Crippen LogP contribution in [0.4, 0.5) is 0 Å². The number of benzene rings is 2. The van der Waals surface area contributed by atoms with Crippen molar-refractivity contribution in [2.75, 3.05) is 0 Å². The third-order valence-corrected chi connectivity index (χ3v) is 6.47. The predicted molar refractivity (Wildman–Crippen MR) is 101 cm³/mol. The normalized spacial score (nSPS) is 24.7. The summed E-state index contributed by atoms with van der Waals surface area (Å²) in [5.74, 6) is 1.97. The van der Waals surface area contributed by atoms with E-state index in [4.69, 9.17) is 9.47 Å². The maximum atomic E-state index is 10.7. The van der Waals surface area contributed by atoms with Crippen LogP contribution in [0.3, 0.4) is 0 Å². The van der Waals surface area contributed by atoms with Crippen LogP contribution < -0.4 is 4.74 Å². The topological polar surface area (TPSA) is 38.7 Å². The SMILES string of the molecule is CCC1(C)OC2C(C)=C(c3ccccc3)Oc3cc(C)c(O)c(c32)S1. The monoisotopic (exact) mass is 354 g/mol. The van der Waals surface area contributed by atoms with Crippen molar-refractivity contribution in [3.8, 4) is 11.5 Å². The highest BCUT2D eigenvalue weighted by atomic mass is 32.2. The Kier molecular flexibility index (Phi) is 3.85. The lowest BCUT2D eigenvalue weighted by Gasteiger charge is -2.42. The van der Waals surface area contributed by atoms with Crippen molar-refractivity contribution in [2.45, 2.75) is 50.0 Å². The van der Waals surface area contributed by atoms with Gasteiger partial charge in [0.05, 0.1) is 4.90 Å². The van der Waals surface area contributed by atoms with E-state index < -0.39 is 0 Å². The van der Waals surface area contributed by atoms with Gasteiger partial charge in [-0.2, -0.15) is 0 Å². The van der Waals surface area contributed by atoms with Crippen molar-refractivity contribution >= 4 is 17.5 Å². The van der Waals surface area contributed by atoms with Crippen LogP contribution in [0.1, 0.15) is 50.0 Å². The zero-order valence-electron chi connectivity index (χ0n) is 14.9. The summed E-state index contributed by atoms with van der Waals surface area (Å²) in [6, 6.07) is 12.0. The van der Waals surface area contributed by atoms with Gasteiger partial charge in [-0.1, -0.05) is 49.0 Å². The molecule has 3 nitrogen and oxygen atoms in total. The molecule has 0 aliphatic carbocycles. The van der Waals surface area contributed by atoms with Crippen LogP contribution in [0, 0.1) is 6.92 Å². The fourth-order valence-corrected chi connectivity index (χ4v) is 4.69. The van der Waals surface area contributed by atoms with Crippen LogP contribution >= 0.6 is 11.8 Å². The lowest BCUT2D eigenvalue weighted by molar-refractivity contribution is -0.0189. The lowest BCUT2D eigenvalue weighted by atomic mass is 9.93. The fourth-order valence-electron chi connectivity index (χ4n) is 3.39. The number of thioether (sulfide) groups is 1. The van der Waals surface area contributed by atoms with Crippen LogP contribution in [0.5, 0.6) is 11.5 Å². The largest absolute Gasteiger partial charge is 0.506 e. The van der Waals surface area contributed by atoms with Gasteiger partial charge in [0.15, 0.2) is 0 Å². The average Bonchev–Trinajstić information content (AvgIpc) is 2.62. The predicted octanol–water partition coefficient (Wildman–Crippen LogP) is 5.81. The van der Waals surface area contributed by atoms with Crippen molar-refractivity contribution in [3.63, 3.8) is 0 Å². The molecular formula is C21H22O3S. The van der Waals surface area contributed by atoms with Crippen LogP contribution in [0.25, 0.3) is 5.76 Å². The molecule has 0 spiro atoms. The molecule has 0 bridgehead atoms. The molecule has 2 heterocycles. The Bertz CT molecular complexity index is 872. The Labute approximate surface area is 152 Å².